The predicted octanol–water partition coefficient (Wildman–Crippen LogP) is -1.31. The van der Waals surface area contributed by atoms with E-state index in [-0.39, 0.29) is 25.2 Å². The molecule has 13 heteroatoms. The molecule has 0 bridgehead atoms. The molecule has 0 aromatic rings. The number of amides is 4. The van der Waals surface area contributed by atoms with Gasteiger partial charge in [-0.3, -0.25) is 24.0 Å². The van der Waals surface area contributed by atoms with Gasteiger partial charge in [0.25, 0.3) is 0 Å². The van der Waals surface area contributed by atoms with Gasteiger partial charge in [-0.05, 0) is 24.7 Å². The van der Waals surface area contributed by atoms with Crippen molar-refractivity contribution in [3.05, 3.63) is 0 Å². The maximum Gasteiger partial charge on any atom is 0.326 e. The molecule has 34 heavy (non-hydrogen) atoms. The highest BCUT2D eigenvalue weighted by Gasteiger charge is 2.33. The summed E-state index contributed by atoms with van der Waals surface area (Å²) in [4.78, 5) is 71.6. The van der Waals surface area contributed by atoms with Crippen LogP contribution in [0.2, 0.25) is 0 Å². The Morgan fingerprint density at radius 3 is 1.76 bits per heavy atom. The highest BCUT2D eigenvalue weighted by molar-refractivity contribution is 5.94. The summed E-state index contributed by atoms with van der Waals surface area (Å²) in [6.45, 7) is 6.82. The van der Waals surface area contributed by atoms with Crippen molar-refractivity contribution in [2.45, 2.75) is 84.0 Å². The van der Waals surface area contributed by atoms with Crippen LogP contribution in [0.1, 0.15) is 59.8 Å². The van der Waals surface area contributed by atoms with E-state index in [0.29, 0.717) is 6.42 Å². The second kappa shape index (κ2) is 14.8. The molecule has 9 N–H and O–H groups in total. The quantitative estimate of drug-likeness (QED) is 0.137. The van der Waals surface area contributed by atoms with Crippen LogP contribution in [-0.4, -0.2) is 69.9 Å². The number of hydrogen-bond donors (Lipinski definition) is 7. The van der Waals surface area contributed by atoms with Gasteiger partial charge >= 0.3 is 11.9 Å². The third-order valence-electron chi connectivity index (χ3n) is 5.39. The van der Waals surface area contributed by atoms with Crippen molar-refractivity contribution in [3.63, 3.8) is 0 Å². The molecule has 4 amide bonds. The number of aliphatic carboxylic acids is 2. The van der Waals surface area contributed by atoms with Crippen molar-refractivity contribution < 1.29 is 39.0 Å². The zero-order valence-corrected chi connectivity index (χ0v) is 20.0. The van der Waals surface area contributed by atoms with Crippen LogP contribution >= 0.6 is 0 Å². The molecule has 0 radical (unpaired) electrons. The van der Waals surface area contributed by atoms with Crippen LogP contribution < -0.4 is 27.4 Å². The average molecular weight is 488 g/mol. The van der Waals surface area contributed by atoms with E-state index in [4.69, 9.17) is 16.6 Å². The third kappa shape index (κ3) is 11.1. The second-order valence-corrected chi connectivity index (χ2v) is 8.54. The summed E-state index contributed by atoms with van der Waals surface area (Å²) in [6.07, 6.45) is -0.743. The monoisotopic (exact) mass is 487 g/mol. The molecule has 0 aliphatic heterocycles. The van der Waals surface area contributed by atoms with E-state index in [1.807, 2.05) is 0 Å². The van der Waals surface area contributed by atoms with E-state index in [2.05, 4.69) is 16.0 Å². The fourth-order valence-corrected chi connectivity index (χ4v) is 2.87. The van der Waals surface area contributed by atoms with Gasteiger partial charge < -0.3 is 37.6 Å². The number of primary amides is 1. The van der Waals surface area contributed by atoms with Crippen molar-refractivity contribution >= 4 is 35.6 Å². The first kappa shape index (κ1) is 30.8. The standard InChI is InChI=1S/C21H37N5O8/c1-5-11(4)17(20(32)25-13(21(33)34)6-8-14(22)27)26-18(30)12(7-9-15(28)29)24-19(31)16(23)10(2)3/h10-13,16-17H,5-9,23H2,1-4H3,(H2,22,27)(H,24,31)(H,25,32)(H,26,30)(H,28,29)(H,33,34). The van der Waals surface area contributed by atoms with Crippen LogP contribution in [0, 0.1) is 11.8 Å². The molecule has 0 saturated carbocycles. The number of nitrogens with two attached hydrogens (primary N) is 2. The third-order valence-corrected chi connectivity index (χ3v) is 5.39. The van der Waals surface area contributed by atoms with Crippen LogP contribution in [0.15, 0.2) is 0 Å². The summed E-state index contributed by atoms with van der Waals surface area (Å²) < 4.78 is 0. The molecule has 5 unspecified atom stereocenters. The van der Waals surface area contributed by atoms with Crippen LogP contribution in [0.25, 0.3) is 0 Å². The lowest BCUT2D eigenvalue weighted by Crippen LogP contribution is -2.59. The molecule has 0 saturated heterocycles. The number of nitrogens with one attached hydrogen (secondary N) is 3. The van der Waals surface area contributed by atoms with E-state index in [9.17, 15) is 33.9 Å². The maximum atomic E-state index is 12.9. The first-order chi connectivity index (χ1) is 15.7. The summed E-state index contributed by atoms with van der Waals surface area (Å²) in [7, 11) is 0. The molecule has 0 spiro atoms. The number of hydrogen-bond acceptors (Lipinski definition) is 7. The van der Waals surface area contributed by atoms with Crippen LogP contribution in [0.3, 0.4) is 0 Å². The zero-order chi connectivity index (χ0) is 26.6. The molecule has 0 aliphatic carbocycles. The van der Waals surface area contributed by atoms with Crippen molar-refractivity contribution in [2.75, 3.05) is 0 Å². The lowest BCUT2D eigenvalue weighted by molar-refractivity contribution is -0.143. The highest BCUT2D eigenvalue weighted by Crippen LogP contribution is 2.11. The molecule has 0 aromatic heterocycles. The summed E-state index contributed by atoms with van der Waals surface area (Å²) in [5.74, 6) is -6.24. The van der Waals surface area contributed by atoms with Crippen LogP contribution in [0.4, 0.5) is 0 Å². The van der Waals surface area contributed by atoms with Crippen molar-refractivity contribution in [1.29, 1.82) is 0 Å². The number of carboxylic acids is 2. The first-order valence-electron chi connectivity index (χ1n) is 11.1. The smallest absolute Gasteiger partial charge is 0.326 e. The molecule has 194 valence electrons. The lowest BCUT2D eigenvalue weighted by atomic mass is 9.96. The van der Waals surface area contributed by atoms with Gasteiger partial charge in [0.1, 0.15) is 18.1 Å². The van der Waals surface area contributed by atoms with E-state index in [1.165, 1.54) is 0 Å². The molecule has 0 aliphatic rings. The van der Waals surface area contributed by atoms with E-state index < -0.39 is 72.1 Å². The molecule has 0 fully saturated rings. The Morgan fingerprint density at radius 1 is 0.794 bits per heavy atom. The fraction of sp³-hybridized carbons (Fsp3) is 0.714. The predicted molar refractivity (Wildman–Crippen MR) is 121 cm³/mol. The molecular weight excluding hydrogens is 450 g/mol. The van der Waals surface area contributed by atoms with Gasteiger partial charge in [0.05, 0.1) is 6.04 Å². The summed E-state index contributed by atoms with van der Waals surface area (Å²) in [6, 6.07) is -4.81. The topological polar surface area (TPSA) is 231 Å². The molecular formula is C21H37N5O8. The van der Waals surface area contributed by atoms with Gasteiger partial charge in [0.15, 0.2) is 0 Å². The molecule has 0 heterocycles. The Bertz CT molecular complexity index is 757. The maximum absolute atomic E-state index is 12.9. The molecule has 0 aromatic carbocycles. The Balaban J connectivity index is 5.62. The van der Waals surface area contributed by atoms with Gasteiger partial charge in [-0.1, -0.05) is 34.1 Å². The number of carbonyl (C=O) groups is 6. The Hall–Kier alpha value is -3.22. The van der Waals surface area contributed by atoms with E-state index in [0.717, 1.165) is 0 Å². The molecule has 5 atom stereocenters. The minimum atomic E-state index is -1.41. The number of carboxylic acid groups (broad SMARTS) is 2. The highest BCUT2D eigenvalue weighted by atomic mass is 16.4. The van der Waals surface area contributed by atoms with Gasteiger partial charge in [-0.15, -0.1) is 0 Å². The lowest BCUT2D eigenvalue weighted by Gasteiger charge is -2.28. The Labute approximate surface area is 198 Å². The zero-order valence-electron chi connectivity index (χ0n) is 20.0. The average Bonchev–Trinajstić information content (AvgIpc) is 2.75. The fourth-order valence-electron chi connectivity index (χ4n) is 2.87. The number of carbonyl (C=O) groups excluding carboxylic acids is 4. The van der Waals surface area contributed by atoms with Gasteiger partial charge in [0.2, 0.25) is 23.6 Å². The Morgan fingerprint density at radius 2 is 1.32 bits per heavy atom. The Kier molecular flexibility index (Phi) is 13.4. The van der Waals surface area contributed by atoms with Crippen molar-refractivity contribution in [1.82, 2.24) is 16.0 Å². The second-order valence-electron chi connectivity index (χ2n) is 8.54. The van der Waals surface area contributed by atoms with E-state index in [1.54, 1.807) is 27.7 Å². The summed E-state index contributed by atoms with van der Waals surface area (Å²) >= 11 is 0. The van der Waals surface area contributed by atoms with Crippen LogP contribution in [0.5, 0.6) is 0 Å². The summed E-state index contributed by atoms with van der Waals surface area (Å²) in [5, 5.41) is 25.5. The molecule has 13 nitrogen and oxygen atoms in total. The minimum absolute atomic E-state index is 0.234. The van der Waals surface area contributed by atoms with Gasteiger partial charge in [-0.2, -0.15) is 0 Å². The largest absolute Gasteiger partial charge is 0.481 e. The first-order valence-corrected chi connectivity index (χ1v) is 11.1. The minimum Gasteiger partial charge on any atom is -0.481 e. The van der Waals surface area contributed by atoms with Crippen molar-refractivity contribution in [2.24, 2.45) is 23.3 Å². The van der Waals surface area contributed by atoms with Gasteiger partial charge in [0, 0.05) is 12.8 Å². The molecule has 0 rings (SSSR count). The van der Waals surface area contributed by atoms with Gasteiger partial charge in [-0.25, -0.2) is 4.79 Å². The van der Waals surface area contributed by atoms with E-state index >= 15 is 0 Å². The van der Waals surface area contributed by atoms with Crippen molar-refractivity contribution in [3.8, 4) is 0 Å². The summed E-state index contributed by atoms with van der Waals surface area (Å²) in [5.41, 5.74) is 10.8. The van der Waals surface area contributed by atoms with Crippen LogP contribution in [-0.2, 0) is 28.8 Å². The normalized spacial score (nSPS) is 15.4. The SMILES string of the molecule is CCC(C)C(NC(=O)C(CCC(=O)O)NC(=O)C(N)C(C)C)C(=O)NC(CCC(N)=O)C(=O)O. The number of rotatable bonds is 16.